The van der Waals surface area contributed by atoms with E-state index >= 15 is 0 Å². The van der Waals surface area contributed by atoms with E-state index in [0.29, 0.717) is 19.8 Å². The molecule has 7 heteroatoms. The van der Waals surface area contributed by atoms with Crippen molar-refractivity contribution < 1.29 is 9.53 Å². The molecule has 1 atom stereocenters. The standard InChI is InChI=1S/C9H11IN4O2/c10-6-3-12-5-13-9(6)14-1-2-16-4-7(14)8(11)15/h3,5,7H,1-2,4H2,(H2,11,15). The fraction of sp³-hybridized carbons (Fsp3) is 0.444. The maximum absolute atomic E-state index is 11.3. The molecule has 1 fully saturated rings. The molecule has 2 rings (SSSR count). The van der Waals surface area contributed by atoms with Crippen molar-refractivity contribution in [3.63, 3.8) is 0 Å². The van der Waals surface area contributed by atoms with Crippen molar-refractivity contribution in [2.75, 3.05) is 24.7 Å². The van der Waals surface area contributed by atoms with Crippen LogP contribution in [0.1, 0.15) is 0 Å². The summed E-state index contributed by atoms with van der Waals surface area (Å²) in [6.45, 7) is 1.50. The van der Waals surface area contributed by atoms with E-state index in [2.05, 4.69) is 32.6 Å². The van der Waals surface area contributed by atoms with Gasteiger partial charge in [0.25, 0.3) is 0 Å². The van der Waals surface area contributed by atoms with Crippen LogP contribution in [0.5, 0.6) is 0 Å². The van der Waals surface area contributed by atoms with Gasteiger partial charge in [0.15, 0.2) is 0 Å². The fourth-order valence-corrected chi connectivity index (χ4v) is 2.22. The minimum Gasteiger partial charge on any atom is -0.377 e. The molecule has 1 aromatic heterocycles. The maximum Gasteiger partial charge on any atom is 0.242 e. The van der Waals surface area contributed by atoms with Crippen LogP contribution < -0.4 is 10.6 Å². The number of hydrogen-bond donors (Lipinski definition) is 1. The number of halogens is 1. The molecule has 0 aliphatic carbocycles. The van der Waals surface area contributed by atoms with E-state index < -0.39 is 11.9 Å². The Bertz CT molecular complexity index is 401. The molecule has 1 unspecified atom stereocenters. The Balaban J connectivity index is 2.30. The number of aromatic nitrogens is 2. The molecule has 2 heterocycles. The number of carbonyl (C=O) groups is 1. The Hall–Kier alpha value is -0.960. The molecule has 0 saturated carbocycles. The lowest BCUT2D eigenvalue weighted by atomic mass is 10.2. The van der Waals surface area contributed by atoms with Crippen molar-refractivity contribution in [2.45, 2.75) is 6.04 Å². The third kappa shape index (κ3) is 2.24. The normalized spacial score (nSPS) is 20.8. The average Bonchev–Trinajstić information content (AvgIpc) is 2.29. The van der Waals surface area contributed by atoms with Crippen LogP contribution in [0.4, 0.5) is 5.82 Å². The molecule has 1 aromatic rings. The van der Waals surface area contributed by atoms with Gasteiger partial charge in [-0.3, -0.25) is 4.79 Å². The second-order valence-electron chi connectivity index (χ2n) is 3.38. The first-order chi connectivity index (χ1) is 7.70. The zero-order chi connectivity index (χ0) is 11.5. The lowest BCUT2D eigenvalue weighted by Gasteiger charge is -2.34. The third-order valence-electron chi connectivity index (χ3n) is 2.38. The lowest BCUT2D eigenvalue weighted by Crippen LogP contribution is -2.53. The van der Waals surface area contributed by atoms with Gasteiger partial charge in [0.2, 0.25) is 5.91 Å². The first kappa shape index (κ1) is 11.5. The van der Waals surface area contributed by atoms with Gasteiger partial charge in [-0.25, -0.2) is 9.97 Å². The number of morpholine rings is 1. The first-order valence-electron chi connectivity index (χ1n) is 4.79. The van der Waals surface area contributed by atoms with Crippen LogP contribution >= 0.6 is 22.6 Å². The molecule has 2 N–H and O–H groups in total. The Morgan fingerprint density at radius 2 is 2.50 bits per heavy atom. The summed E-state index contributed by atoms with van der Waals surface area (Å²) in [6, 6.07) is -0.447. The van der Waals surface area contributed by atoms with Crippen molar-refractivity contribution >= 4 is 34.3 Å². The van der Waals surface area contributed by atoms with Gasteiger partial charge < -0.3 is 15.4 Å². The van der Waals surface area contributed by atoms with Crippen LogP contribution in [0.2, 0.25) is 0 Å². The molecule has 0 radical (unpaired) electrons. The molecule has 16 heavy (non-hydrogen) atoms. The highest BCUT2D eigenvalue weighted by atomic mass is 127. The largest absolute Gasteiger partial charge is 0.377 e. The second-order valence-corrected chi connectivity index (χ2v) is 4.54. The molecule has 0 aromatic carbocycles. The number of nitrogens with zero attached hydrogens (tertiary/aromatic N) is 3. The molecule has 0 bridgehead atoms. The predicted molar refractivity (Wildman–Crippen MR) is 65.9 cm³/mol. The molecule has 0 spiro atoms. The molecule has 1 saturated heterocycles. The Morgan fingerprint density at radius 1 is 1.69 bits per heavy atom. The highest BCUT2D eigenvalue weighted by Crippen LogP contribution is 2.22. The summed E-state index contributed by atoms with van der Waals surface area (Å²) in [7, 11) is 0. The number of nitrogens with two attached hydrogens (primary N) is 1. The summed E-state index contributed by atoms with van der Waals surface area (Å²) in [5.74, 6) is 0.344. The van der Waals surface area contributed by atoms with E-state index in [9.17, 15) is 4.79 Å². The number of primary amides is 1. The summed E-state index contributed by atoms with van der Waals surface area (Å²) < 4.78 is 6.14. The molecule has 1 aliphatic rings. The van der Waals surface area contributed by atoms with Crippen LogP contribution in [-0.2, 0) is 9.53 Å². The van der Waals surface area contributed by atoms with Crippen LogP contribution in [0.25, 0.3) is 0 Å². The van der Waals surface area contributed by atoms with Gasteiger partial charge in [-0.05, 0) is 22.6 Å². The number of rotatable bonds is 2. The Morgan fingerprint density at radius 3 is 3.19 bits per heavy atom. The minimum atomic E-state index is -0.447. The van der Waals surface area contributed by atoms with Crippen LogP contribution in [0, 0.1) is 3.57 Å². The molecular weight excluding hydrogens is 323 g/mol. The Labute approximate surface area is 106 Å². The van der Waals surface area contributed by atoms with Crippen molar-refractivity contribution in [1.29, 1.82) is 0 Å². The van der Waals surface area contributed by atoms with Gasteiger partial charge in [-0.1, -0.05) is 0 Å². The SMILES string of the molecule is NC(=O)C1COCCN1c1ncncc1I. The molecule has 6 nitrogen and oxygen atoms in total. The summed E-state index contributed by atoms with van der Waals surface area (Å²) in [6.07, 6.45) is 3.17. The fourth-order valence-electron chi connectivity index (χ4n) is 1.61. The molecule has 86 valence electrons. The number of anilines is 1. The van der Waals surface area contributed by atoms with Gasteiger partial charge in [0.1, 0.15) is 18.2 Å². The topological polar surface area (TPSA) is 81.3 Å². The van der Waals surface area contributed by atoms with Crippen molar-refractivity contribution in [1.82, 2.24) is 9.97 Å². The highest BCUT2D eigenvalue weighted by molar-refractivity contribution is 14.1. The van der Waals surface area contributed by atoms with Crippen molar-refractivity contribution in [2.24, 2.45) is 5.73 Å². The monoisotopic (exact) mass is 334 g/mol. The summed E-state index contributed by atoms with van der Waals surface area (Å²) in [5.41, 5.74) is 5.34. The molecule has 1 amide bonds. The van der Waals surface area contributed by atoms with Crippen LogP contribution in [-0.4, -0.2) is 41.7 Å². The van der Waals surface area contributed by atoms with Gasteiger partial charge in [0.05, 0.1) is 16.8 Å². The zero-order valence-corrected chi connectivity index (χ0v) is 10.6. The summed E-state index contributed by atoms with van der Waals surface area (Å²) >= 11 is 2.14. The van der Waals surface area contributed by atoms with Crippen molar-refractivity contribution in [3.8, 4) is 0 Å². The zero-order valence-electron chi connectivity index (χ0n) is 8.47. The van der Waals surface area contributed by atoms with E-state index in [1.807, 2.05) is 4.90 Å². The van der Waals surface area contributed by atoms with E-state index in [-0.39, 0.29) is 0 Å². The number of hydrogen-bond acceptors (Lipinski definition) is 5. The van der Waals surface area contributed by atoms with Gasteiger partial charge >= 0.3 is 0 Å². The Kier molecular flexibility index (Phi) is 3.54. The predicted octanol–water partition coefficient (Wildman–Crippen LogP) is -0.228. The van der Waals surface area contributed by atoms with Crippen LogP contribution in [0.3, 0.4) is 0 Å². The van der Waals surface area contributed by atoms with Crippen molar-refractivity contribution in [3.05, 3.63) is 16.1 Å². The third-order valence-corrected chi connectivity index (χ3v) is 3.14. The highest BCUT2D eigenvalue weighted by Gasteiger charge is 2.29. The lowest BCUT2D eigenvalue weighted by molar-refractivity contribution is -0.121. The van der Waals surface area contributed by atoms with E-state index in [0.717, 1.165) is 9.39 Å². The summed E-state index contributed by atoms with van der Waals surface area (Å²) in [4.78, 5) is 21.3. The molecule has 1 aliphatic heterocycles. The summed E-state index contributed by atoms with van der Waals surface area (Å²) in [5, 5.41) is 0. The second kappa shape index (κ2) is 4.91. The number of ether oxygens (including phenoxy) is 1. The quantitative estimate of drug-likeness (QED) is 0.756. The van der Waals surface area contributed by atoms with Gasteiger partial charge in [0, 0.05) is 12.7 Å². The van der Waals surface area contributed by atoms with Gasteiger partial charge in [-0.2, -0.15) is 0 Å². The number of carbonyl (C=O) groups excluding carboxylic acids is 1. The first-order valence-corrected chi connectivity index (χ1v) is 5.87. The van der Waals surface area contributed by atoms with E-state index in [1.54, 1.807) is 6.20 Å². The van der Waals surface area contributed by atoms with Gasteiger partial charge in [-0.15, -0.1) is 0 Å². The minimum absolute atomic E-state index is 0.315. The van der Waals surface area contributed by atoms with E-state index in [4.69, 9.17) is 10.5 Å². The molecular formula is C9H11IN4O2. The number of amides is 1. The smallest absolute Gasteiger partial charge is 0.242 e. The van der Waals surface area contributed by atoms with E-state index in [1.165, 1.54) is 6.33 Å². The maximum atomic E-state index is 11.3. The van der Waals surface area contributed by atoms with Crippen LogP contribution in [0.15, 0.2) is 12.5 Å². The average molecular weight is 334 g/mol.